The second-order valence-electron chi connectivity index (χ2n) is 3.80. The zero-order chi connectivity index (χ0) is 10.6. The van der Waals surface area contributed by atoms with Gasteiger partial charge in [0.05, 0.1) is 12.5 Å². The second kappa shape index (κ2) is 4.71. The van der Waals surface area contributed by atoms with E-state index in [0.717, 1.165) is 6.42 Å². The van der Waals surface area contributed by atoms with E-state index in [9.17, 15) is 13.6 Å². The lowest BCUT2D eigenvalue weighted by Crippen LogP contribution is -2.29. The highest BCUT2D eigenvalue weighted by Gasteiger charge is 2.37. The van der Waals surface area contributed by atoms with Gasteiger partial charge in [-0.1, -0.05) is 6.92 Å². The SMILES string of the molecule is CCCOC(=O)C1CCC(F)(F)CC1. The number of carbonyl (C=O) groups is 1. The van der Waals surface area contributed by atoms with Crippen molar-refractivity contribution < 1.29 is 18.3 Å². The monoisotopic (exact) mass is 206 g/mol. The zero-order valence-corrected chi connectivity index (χ0v) is 8.39. The van der Waals surface area contributed by atoms with Crippen molar-refractivity contribution in [3.63, 3.8) is 0 Å². The largest absolute Gasteiger partial charge is 0.465 e. The van der Waals surface area contributed by atoms with Gasteiger partial charge in [0, 0.05) is 12.8 Å². The number of alkyl halides is 2. The van der Waals surface area contributed by atoms with Crippen LogP contribution in [0.2, 0.25) is 0 Å². The van der Waals surface area contributed by atoms with Crippen molar-refractivity contribution in [3.05, 3.63) is 0 Å². The van der Waals surface area contributed by atoms with E-state index >= 15 is 0 Å². The van der Waals surface area contributed by atoms with Crippen LogP contribution in [0, 0.1) is 5.92 Å². The molecule has 1 fully saturated rings. The van der Waals surface area contributed by atoms with E-state index < -0.39 is 5.92 Å². The summed E-state index contributed by atoms with van der Waals surface area (Å²) < 4.78 is 30.4. The molecule has 0 aliphatic heterocycles. The average molecular weight is 206 g/mol. The van der Waals surface area contributed by atoms with Gasteiger partial charge in [-0.15, -0.1) is 0 Å². The summed E-state index contributed by atoms with van der Waals surface area (Å²) in [7, 11) is 0. The smallest absolute Gasteiger partial charge is 0.308 e. The molecule has 0 spiro atoms. The summed E-state index contributed by atoms with van der Waals surface area (Å²) >= 11 is 0. The van der Waals surface area contributed by atoms with Gasteiger partial charge in [0.2, 0.25) is 5.92 Å². The van der Waals surface area contributed by atoms with Crippen LogP contribution in [0.25, 0.3) is 0 Å². The van der Waals surface area contributed by atoms with Gasteiger partial charge in [-0.05, 0) is 19.3 Å². The Labute approximate surface area is 82.6 Å². The van der Waals surface area contributed by atoms with E-state index in [0.29, 0.717) is 6.61 Å². The van der Waals surface area contributed by atoms with E-state index in [-0.39, 0.29) is 37.6 Å². The van der Waals surface area contributed by atoms with Crippen LogP contribution >= 0.6 is 0 Å². The molecule has 0 unspecified atom stereocenters. The lowest BCUT2D eigenvalue weighted by atomic mass is 9.87. The Hall–Kier alpha value is -0.670. The molecule has 0 aromatic heterocycles. The molecule has 0 heterocycles. The van der Waals surface area contributed by atoms with Gasteiger partial charge in [0.1, 0.15) is 0 Å². The van der Waals surface area contributed by atoms with Crippen LogP contribution < -0.4 is 0 Å². The van der Waals surface area contributed by atoms with Gasteiger partial charge >= 0.3 is 5.97 Å². The summed E-state index contributed by atoms with van der Waals surface area (Å²) in [4.78, 5) is 11.3. The predicted molar refractivity (Wildman–Crippen MR) is 48.2 cm³/mol. The Kier molecular flexibility index (Phi) is 3.84. The highest BCUT2D eigenvalue weighted by molar-refractivity contribution is 5.72. The van der Waals surface area contributed by atoms with E-state index in [2.05, 4.69) is 0 Å². The van der Waals surface area contributed by atoms with Crippen molar-refractivity contribution >= 4 is 5.97 Å². The third-order valence-electron chi connectivity index (χ3n) is 2.50. The number of ether oxygens (including phenoxy) is 1. The maximum atomic E-state index is 12.7. The first-order chi connectivity index (χ1) is 6.55. The fourth-order valence-corrected chi connectivity index (χ4v) is 1.60. The number of halogens is 2. The molecule has 2 nitrogen and oxygen atoms in total. The van der Waals surface area contributed by atoms with Gasteiger partial charge in [-0.25, -0.2) is 8.78 Å². The summed E-state index contributed by atoms with van der Waals surface area (Å²) in [5, 5.41) is 0. The molecule has 0 amide bonds. The Morgan fingerprint density at radius 2 is 2.00 bits per heavy atom. The first-order valence-corrected chi connectivity index (χ1v) is 5.09. The minimum absolute atomic E-state index is 0.182. The molecule has 0 radical (unpaired) electrons. The molecular weight excluding hydrogens is 190 g/mol. The van der Waals surface area contributed by atoms with E-state index in [1.54, 1.807) is 0 Å². The molecular formula is C10H16F2O2. The van der Waals surface area contributed by atoms with Crippen LogP contribution in [0.15, 0.2) is 0 Å². The molecule has 0 N–H and O–H groups in total. The standard InChI is InChI=1S/C10H16F2O2/c1-2-7-14-9(13)8-3-5-10(11,12)6-4-8/h8H,2-7H2,1H3. The van der Waals surface area contributed by atoms with Crippen LogP contribution in [-0.4, -0.2) is 18.5 Å². The molecule has 82 valence electrons. The minimum Gasteiger partial charge on any atom is -0.465 e. The van der Waals surface area contributed by atoms with E-state index in [1.165, 1.54) is 0 Å². The maximum absolute atomic E-state index is 12.7. The Balaban J connectivity index is 2.30. The third-order valence-corrected chi connectivity index (χ3v) is 2.50. The van der Waals surface area contributed by atoms with E-state index in [4.69, 9.17) is 4.74 Å². The highest BCUT2D eigenvalue weighted by atomic mass is 19.3. The van der Waals surface area contributed by atoms with Crippen molar-refractivity contribution in [3.8, 4) is 0 Å². The van der Waals surface area contributed by atoms with Crippen LogP contribution in [0.5, 0.6) is 0 Å². The first kappa shape index (κ1) is 11.4. The molecule has 0 atom stereocenters. The van der Waals surface area contributed by atoms with Crippen molar-refractivity contribution in [2.45, 2.75) is 45.0 Å². The zero-order valence-electron chi connectivity index (χ0n) is 8.39. The molecule has 14 heavy (non-hydrogen) atoms. The lowest BCUT2D eigenvalue weighted by molar-refractivity contribution is -0.152. The molecule has 0 bridgehead atoms. The molecule has 4 heteroatoms. The fraction of sp³-hybridized carbons (Fsp3) is 0.900. The molecule has 0 aromatic carbocycles. The topological polar surface area (TPSA) is 26.3 Å². The van der Waals surface area contributed by atoms with Crippen molar-refractivity contribution in [2.24, 2.45) is 5.92 Å². The third kappa shape index (κ3) is 3.24. The predicted octanol–water partition coefficient (Wildman–Crippen LogP) is 2.77. The highest BCUT2D eigenvalue weighted by Crippen LogP contribution is 2.36. The second-order valence-corrected chi connectivity index (χ2v) is 3.80. The van der Waals surface area contributed by atoms with Gasteiger partial charge in [-0.2, -0.15) is 0 Å². The Bertz CT molecular complexity index is 194. The van der Waals surface area contributed by atoms with Crippen LogP contribution in [0.4, 0.5) is 8.78 Å². The van der Waals surface area contributed by atoms with Gasteiger partial charge in [0.15, 0.2) is 0 Å². The van der Waals surface area contributed by atoms with Crippen LogP contribution in [0.1, 0.15) is 39.0 Å². The number of carbonyl (C=O) groups excluding carboxylic acids is 1. The van der Waals surface area contributed by atoms with Crippen molar-refractivity contribution in [1.29, 1.82) is 0 Å². The minimum atomic E-state index is -2.57. The molecule has 1 aliphatic rings. The maximum Gasteiger partial charge on any atom is 0.308 e. The normalized spacial score (nSPS) is 21.9. The number of rotatable bonds is 3. The van der Waals surface area contributed by atoms with Gasteiger partial charge in [0.25, 0.3) is 0 Å². The van der Waals surface area contributed by atoms with Crippen LogP contribution in [0.3, 0.4) is 0 Å². The number of hydrogen-bond donors (Lipinski definition) is 0. The van der Waals surface area contributed by atoms with Gasteiger partial charge < -0.3 is 4.74 Å². The molecule has 0 saturated heterocycles. The lowest BCUT2D eigenvalue weighted by Gasteiger charge is -2.26. The molecule has 1 aliphatic carbocycles. The summed E-state index contributed by atoms with van der Waals surface area (Å²) in [5.74, 6) is -3.18. The van der Waals surface area contributed by atoms with E-state index in [1.807, 2.05) is 6.92 Å². The molecule has 1 rings (SSSR count). The average Bonchev–Trinajstić information content (AvgIpc) is 2.14. The molecule has 0 aromatic rings. The summed E-state index contributed by atoms with van der Waals surface area (Å²) in [5.41, 5.74) is 0. The summed E-state index contributed by atoms with van der Waals surface area (Å²) in [6, 6.07) is 0. The summed E-state index contributed by atoms with van der Waals surface area (Å²) in [6.45, 7) is 2.30. The summed E-state index contributed by atoms with van der Waals surface area (Å²) in [6.07, 6.45) is 0.928. The van der Waals surface area contributed by atoms with Crippen LogP contribution in [-0.2, 0) is 9.53 Å². The van der Waals surface area contributed by atoms with Crippen molar-refractivity contribution in [1.82, 2.24) is 0 Å². The Morgan fingerprint density at radius 3 is 2.50 bits per heavy atom. The fourth-order valence-electron chi connectivity index (χ4n) is 1.60. The number of hydrogen-bond acceptors (Lipinski definition) is 2. The van der Waals surface area contributed by atoms with Crippen molar-refractivity contribution in [2.75, 3.05) is 6.61 Å². The molecule has 1 saturated carbocycles. The number of esters is 1. The first-order valence-electron chi connectivity index (χ1n) is 5.09. The Morgan fingerprint density at radius 1 is 1.43 bits per heavy atom. The van der Waals surface area contributed by atoms with Gasteiger partial charge in [-0.3, -0.25) is 4.79 Å². The quantitative estimate of drug-likeness (QED) is 0.664.